The minimum atomic E-state index is -0.203. The van der Waals surface area contributed by atoms with Gasteiger partial charge in [-0.25, -0.2) is 0 Å². The Kier molecular flexibility index (Phi) is 3.87. The van der Waals surface area contributed by atoms with E-state index in [1.165, 1.54) is 6.42 Å². The molecule has 0 amide bonds. The number of thioether (sulfide) groups is 1. The molecule has 0 spiro atoms. The first-order chi connectivity index (χ1) is 5.65. The van der Waals surface area contributed by atoms with Gasteiger partial charge in [0.25, 0.3) is 0 Å². The Hall–Kier alpha value is 0.270. The Labute approximate surface area is 79.3 Å². The zero-order chi connectivity index (χ0) is 9.14. The third kappa shape index (κ3) is 2.38. The van der Waals surface area contributed by atoms with Crippen LogP contribution in [-0.4, -0.2) is 46.7 Å². The van der Waals surface area contributed by atoms with E-state index < -0.39 is 0 Å². The fourth-order valence-electron chi connectivity index (χ4n) is 1.62. The highest BCUT2D eigenvalue weighted by atomic mass is 32.2. The number of hydrogen-bond donors (Lipinski definition) is 1. The highest BCUT2D eigenvalue weighted by Crippen LogP contribution is 2.22. The summed E-state index contributed by atoms with van der Waals surface area (Å²) in [6, 6.07) is 0.321. The summed E-state index contributed by atoms with van der Waals surface area (Å²) in [5, 5.41) is 10.2. The molecule has 3 unspecified atom stereocenters. The first kappa shape index (κ1) is 10.4. The monoisotopic (exact) mass is 189 g/mol. The van der Waals surface area contributed by atoms with Crippen molar-refractivity contribution in [3.05, 3.63) is 0 Å². The third-order valence-corrected chi connectivity index (χ3v) is 3.84. The van der Waals surface area contributed by atoms with E-state index in [1.807, 2.05) is 18.7 Å². The van der Waals surface area contributed by atoms with Crippen LogP contribution in [0, 0.1) is 0 Å². The maximum absolute atomic E-state index is 9.39. The zero-order valence-corrected chi connectivity index (χ0v) is 8.97. The summed E-state index contributed by atoms with van der Waals surface area (Å²) in [4.78, 5) is 2.38. The predicted octanol–water partition coefficient (Wildman–Crippen LogP) is 1.19. The molecule has 0 aromatic rings. The molecule has 12 heavy (non-hydrogen) atoms. The molecule has 1 heterocycles. The van der Waals surface area contributed by atoms with Gasteiger partial charge in [-0.1, -0.05) is 0 Å². The van der Waals surface area contributed by atoms with Gasteiger partial charge in [0.1, 0.15) is 0 Å². The van der Waals surface area contributed by atoms with E-state index in [0.717, 1.165) is 18.3 Å². The summed E-state index contributed by atoms with van der Waals surface area (Å²) < 4.78 is 0. The van der Waals surface area contributed by atoms with Gasteiger partial charge >= 0.3 is 0 Å². The fourth-order valence-corrected chi connectivity index (χ4v) is 2.30. The van der Waals surface area contributed by atoms with E-state index >= 15 is 0 Å². The van der Waals surface area contributed by atoms with E-state index in [2.05, 4.69) is 18.1 Å². The van der Waals surface area contributed by atoms with Gasteiger partial charge in [0.05, 0.1) is 6.10 Å². The fraction of sp³-hybridized carbons (Fsp3) is 1.00. The highest BCUT2D eigenvalue weighted by molar-refractivity contribution is 7.99. The molecule has 3 atom stereocenters. The molecule has 1 saturated heterocycles. The molecule has 0 radical (unpaired) electrons. The maximum atomic E-state index is 9.39. The van der Waals surface area contributed by atoms with Gasteiger partial charge in [-0.3, -0.25) is 4.90 Å². The Morgan fingerprint density at radius 2 is 2.17 bits per heavy atom. The second-order valence-electron chi connectivity index (χ2n) is 3.62. The first-order valence-corrected chi connectivity index (χ1v) is 5.89. The van der Waals surface area contributed by atoms with Crippen molar-refractivity contribution in [1.29, 1.82) is 0 Å². The molecule has 1 aliphatic rings. The van der Waals surface area contributed by atoms with E-state index in [4.69, 9.17) is 0 Å². The summed E-state index contributed by atoms with van der Waals surface area (Å²) >= 11 is 1.94. The number of hydrogen-bond acceptors (Lipinski definition) is 3. The number of aliphatic hydroxyl groups excluding tert-OH is 1. The number of aliphatic hydroxyl groups is 1. The van der Waals surface area contributed by atoms with Crippen LogP contribution in [-0.2, 0) is 0 Å². The Morgan fingerprint density at radius 3 is 2.58 bits per heavy atom. The second-order valence-corrected chi connectivity index (χ2v) is 4.76. The lowest BCUT2D eigenvalue weighted by atomic mass is 10.2. The van der Waals surface area contributed by atoms with E-state index in [0.29, 0.717) is 6.04 Å². The second kappa shape index (κ2) is 4.49. The summed E-state index contributed by atoms with van der Waals surface area (Å²) in [5.41, 5.74) is 0. The lowest BCUT2D eigenvalue weighted by Crippen LogP contribution is -2.38. The van der Waals surface area contributed by atoms with Crippen molar-refractivity contribution < 1.29 is 5.11 Å². The van der Waals surface area contributed by atoms with Crippen LogP contribution in [0.5, 0.6) is 0 Å². The van der Waals surface area contributed by atoms with Crippen LogP contribution in [0.4, 0.5) is 0 Å². The minimum absolute atomic E-state index is 0.203. The standard InChI is InChI=1S/C9H19NOS/c1-7(8(2)11)10-5-4-9(6-10)12-3/h7-9,11H,4-6H2,1-3H3. The molecule has 1 rings (SSSR count). The molecule has 2 nitrogen and oxygen atoms in total. The van der Waals surface area contributed by atoms with Crippen LogP contribution in [0.3, 0.4) is 0 Å². The molecular weight excluding hydrogens is 170 g/mol. The number of nitrogens with zero attached hydrogens (tertiary/aromatic N) is 1. The van der Waals surface area contributed by atoms with Crippen molar-refractivity contribution in [2.45, 2.75) is 37.7 Å². The number of likely N-dealkylation sites (tertiary alicyclic amines) is 1. The van der Waals surface area contributed by atoms with Crippen molar-refractivity contribution in [2.75, 3.05) is 19.3 Å². The van der Waals surface area contributed by atoms with Gasteiger partial charge in [0.2, 0.25) is 0 Å². The average molecular weight is 189 g/mol. The number of rotatable bonds is 3. The van der Waals surface area contributed by atoms with Crippen LogP contribution in [0.1, 0.15) is 20.3 Å². The quantitative estimate of drug-likeness (QED) is 0.721. The van der Waals surface area contributed by atoms with Crippen molar-refractivity contribution in [3.8, 4) is 0 Å². The molecule has 1 aliphatic heterocycles. The zero-order valence-electron chi connectivity index (χ0n) is 8.16. The van der Waals surface area contributed by atoms with E-state index in [9.17, 15) is 5.11 Å². The Balaban J connectivity index is 2.35. The third-order valence-electron chi connectivity index (χ3n) is 2.78. The highest BCUT2D eigenvalue weighted by Gasteiger charge is 2.27. The maximum Gasteiger partial charge on any atom is 0.0664 e. The molecule has 3 heteroatoms. The smallest absolute Gasteiger partial charge is 0.0664 e. The SMILES string of the molecule is CSC1CCN(C(C)C(C)O)C1. The van der Waals surface area contributed by atoms with Gasteiger partial charge in [0, 0.05) is 17.8 Å². The van der Waals surface area contributed by atoms with Crippen LogP contribution >= 0.6 is 11.8 Å². The van der Waals surface area contributed by atoms with Gasteiger partial charge in [-0.05, 0) is 33.1 Å². The molecular formula is C9H19NOS. The largest absolute Gasteiger partial charge is 0.392 e. The van der Waals surface area contributed by atoms with Crippen LogP contribution in [0.25, 0.3) is 0 Å². The van der Waals surface area contributed by atoms with Gasteiger partial charge < -0.3 is 5.11 Å². The van der Waals surface area contributed by atoms with Crippen molar-refractivity contribution in [2.24, 2.45) is 0 Å². The molecule has 0 aliphatic carbocycles. The van der Waals surface area contributed by atoms with Crippen molar-refractivity contribution in [3.63, 3.8) is 0 Å². The topological polar surface area (TPSA) is 23.5 Å². The normalized spacial score (nSPS) is 30.5. The van der Waals surface area contributed by atoms with Gasteiger partial charge in [-0.15, -0.1) is 0 Å². The summed E-state index contributed by atoms with van der Waals surface area (Å²) in [5.74, 6) is 0. The molecule has 0 bridgehead atoms. The van der Waals surface area contributed by atoms with Crippen molar-refractivity contribution >= 4 is 11.8 Å². The predicted molar refractivity (Wildman–Crippen MR) is 54.6 cm³/mol. The van der Waals surface area contributed by atoms with Crippen LogP contribution < -0.4 is 0 Å². The lowest BCUT2D eigenvalue weighted by Gasteiger charge is -2.26. The average Bonchev–Trinajstić information content (AvgIpc) is 2.50. The summed E-state index contributed by atoms with van der Waals surface area (Å²) in [7, 11) is 0. The van der Waals surface area contributed by atoms with Crippen LogP contribution in [0.15, 0.2) is 0 Å². The van der Waals surface area contributed by atoms with Gasteiger partial charge in [0.15, 0.2) is 0 Å². The van der Waals surface area contributed by atoms with Crippen molar-refractivity contribution in [1.82, 2.24) is 4.90 Å². The summed E-state index contributed by atoms with van der Waals surface area (Å²) in [6.07, 6.45) is 3.24. The lowest BCUT2D eigenvalue weighted by molar-refractivity contribution is 0.0859. The van der Waals surface area contributed by atoms with Crippen LogP contribution in [0.2, 0.25) is 0 Å². The molecule has 0 saturated carbocycles. The molecule has 1 N–H and O–H groups in total. The molecule has 0 aromatic heterocycles. The Morgan fingerprint density at radius 1 is 1.50 bits per heavy atom. The first-order valence-electron chi connectivity index (χ1n) is 4.60. The summed E-state index contributed by atoms with van der Waals surface area (Å²) in [6.45, 7) is 6.27. The molecule has 1 fully saturated rings. The van der Waals surface area contributed by atoms with E-state index in [1.54, 1.807) is 0 Å². The molecule has 72 valence electrons. The molecule has 0 aromatic carbocycles. The minimum Gasteiger partial charge on any atom is -0.392 e. The van der Waals surface area contributed by atoms with E-state index in [-0.39, 0.29) is 6.10 Å². The Bertz CT molecular complexity index is 140. The van der Waals surface area contributed by atoms with Gasteiger partial charge in [-0.2, -0.15) is 11.8 Å².